The number of nitrogens with one attached hydrogen (secondary N) is 1. The van der Waals surface area contributed by atoms with E-state index in [1.165, 1.54) is 0 Å². The van der Waals surface area contributed by atoms with Crippen LogP contribution in [0, 0.1) is 0 Å². The maximum absolute atomic E-state index is 13.0. The Bertz CT molecular complexity index is 962. The third kappa shape index (κ3) is 2.56. The zero-order valence-corrected chi connectivity index (χ0v) is 15.2. The van der Waals surface area contributed by atoms with E-state index < -0.39 is 0 Å². The van der Waals surface area contributed by atoms with Gasteiger partial charge in [0.2, 0.25) is 0 Å². The van der Waals surface area contributed by atoms with Crippen LogP contribution in [0.25, 0.3) is 11.3 Å². The highest BCUT2D eigenvalue weighted by molar-refractivity contribution is 6.30. The van der Waals surface area contributed by atoms with Crippen LogP contribution in [-0.4, -0.2) is 32.2 Å². The number of phenols is 1. The molecule has 4 rings (SSSR count). The Labute approximate surface area is 156 Å². The molecule has 0 fully saturated rings. The van der Waals surface area contributed by atoms with Gasteiger partial charge in [0.15, 0.2) is 0 Å². The highest BCUT2D eigenvalue weighted by Gasteiger charge is 2.43. The fourth-order valence-electron chi connectivity index (χ4n) is 3.51. The molecule has 1 unspecified atom stereocenters. The number of aromatic hydroxyl groups is 1. The number of benzene rings is 2. The number of fused-ring (bicyclic) bond motifs is 1. The highest BCUT2D eigenvalue weighted by atomic mass is 35.5. The van der Waals surface area contributed by atoms with E-state index >= 15 is 0 Å². The summed E-state index contributed by atoms with van der Waals surface area (Å²) in [5.74, 6) is 0.125. The summed E-state index contributed by atoms with van der Waals surface area (Å²) in [6, 6.07) is 14.1. The average Bonchev–Trinajstić information content (AvgIpc) is 3.16. The Balaban J connectivity index is 1.90. The van der Waals surface area contributed by atoms with E-state index in [0.29, 0.717) is 10.7 Å². The van der Waals surface area contributed by atoms with Crippen molar-refractivity contribution < 1.29 is 9.90 Å². The van der Waals surface area contributed by atoms with Crippen molar-refractivity contribution in [3.05, 3.63) is 70.4 Å². The molecular weight excluding hydrogens is 350 g/mol. The quantitative estimate of drug-likeness (QED) is 0.721. The monoisotopic (exact) mass is 367 g/mol. The number of rotatable bonds is 3. The van der Waals surface area contributed by atoms with E-state index in [1.807, 2.05) is 55.1 Å². The fraction of sp³-hybridized carbons (Fsp3) is 0.200. The maximum atomic E-state index is 13.0. The number of halogens is 1. The number of carbonyl (C=O) groups excluding carboxylic acids is 1. The number of aromatic nitrogens is 2. The lowest BCUT2D eigenvalue weighted by Crippen LogP contribution is -2.35. The molecule has 2 heterocycles. The Morgan fingerprint density at radius 1 is 1.12 bits per heavy atom. The van der Waals surface area contributed by atoms with Crippen molar-refractivity contribution in [1.82, 2.24) is 15.1 Å². The molecule has 132 valence electrons. The standard InChI is InChI=1S/C20H18ClN3O2/c1-11(2)24-19(13-5-9-15(25)10-6-13)16-17(22-23-18(16)20(24)26)12-3-7-14(21)8-4-12/h3-11,19,25H,1-2H3,(H,22,23). The summed E-state index contributed by atoms with van der Waals surface area (Å²) in [7, 11) is 0. The molecule has 1 aliphatic rings. The van der Waals surface area contributed by atoms with Gasteiger partial charge in [-0.25, -0.2) is 0 Å². The normalized spacial score (nSPS) is 16.4. The summed E-state index contributed by atoms with van der Waals surface area (Å²) in [4.78, 5) is 14.8. The number of phenolic OH excluding ortho intramolecular Hbond substituents is 1. The molecule has 1 amide bonds. The van der Waals surface area contributed by atoms with E-state index in [4.69, 9.17) is 11.6 Å². The molecule has 2 aromatic carbocycles. The molecule has 0 saturated heterocycles. The van der Waals surface area contributed by atoms with Crippen molar-refractivity contribution in [2.45, 2.75) is 25.9 Å². The van der Waals surface area contributed by atoms with Crippen LogP contribution in [-0.2, 0) is 0 Å². The highest BCUT2D eigenvalue weighted by Crippen LogP contribution is 2.44. The van der Waals surface area contributed by atoms with Crippen LogP contribution in [0.5, 0.6) is 5.75 Å². The van der Waals surface area contributed by atoms with Gasteiger partial charge in [-0.1, -0.05) is 35.9 Å². The number of carbonyl (C=O) groups is 1. The largest absolute Gasteiger partial charge is 0.508 e. The van der Waals surface area contributed by atoms with Gasteiger partial charge in [0.05, 0.1) is 11.7 Å². The Kier molecular flexibility index (Phi) is 3.96. The molecule has 6 heteroatoms. The maximum Gasteiger partial charge on any atom is 0.273 e. The van der Waals surface area contributed by atoms with Gasteiger partial charge in [-0.3, -0.25) is 9.89 Å². The van der Waals surface area contributed by atoms with E-state index in [9.17, 15) is 9.90 Å². The molecule has 2 N–H and O–H groups in total. The number of hydrogen-bond acceptors (Lipinski definition) is 3. The average molecular weight is 368 g/mol. The van der Waals surface area contributed by atoms with Crippen molar-refractivity contribution in [3.8, 4) is 17.0 Å². The minimum atomic E-state index is -0.262. The molecule has 5 nitrogen and oxygen atoms in total. The van der Waals surface area contributed by atoms with E-state index in [2.05, 4.69) is 10.2 Å². The third-order valence-corrected chi connectivity index (χ3v) is 4.94. The summed E-state index contributed by atoms with van der Waals surface area (Å²) in [6.45, 7) is 3.99. The molecule has 1 aliphatic heterocycles. The van der Waals surface area contributed by atoms with Crippen LogP contribution >= 0.6 is 11.6 Å². The van der Waals surface area contributed by atoms with Crippen LogP contribution in [0.4, 0.5) is 0 Å². The summed E-state index contributed by atoms with van der Waals surface area (Å²) >= 11 is 6.00. The van der Waals surface area contributed by atoms with Gasteiger partial charge in [0.25, 0.3) is 5.91 Å². The molecular formula is C20H18ClN3O2. The van der Waals surface area contributed by atoms with Crippen molar-refractivity contribution >= 4 is 17.5 Å². The van der Waals surface area contributed by atoms with Crippen molar-refractivity contribution in [1.29, 1.82) is 0 Å². The van der Waals surface area contributed by atoms with Gasteiger partial charge in [-0.05, 0) is 43.7 Å². The first kappa shape index (κ1) is 16.7. The van der Waals surface area contributed by atoms with Gasteiger partial charge in [-0.2, -0.15) is 5.10 Å². The summed E-state index contributed by atoms with van der Waals surface area (Å²) in [6.07, 6.45) is 0. The van der Waals surface area contributed by atoms with Crippen LogP contribution in [0.2, 0.25) is 5.02 Å². The molecule has 0 aliphatic carbocycles. The first-order valence-electron chi connectivity index (χ1n) is 8.43. The second kappa shape index (κ2) is 6.18. The lowest BCUT2D eigenvalue weighted by molar-refractivity contribution is 0.0688. The molecule has 0 radical (unpaired) electrons. The topological polar surface area (TPSA) is 69.2 Å². The summed E-state index contributed by atoms with van der Waals surface area (Å²) < 4.78 is 0. The molecule has 3 aromatic rings. The number of hydrogen-bond donors (Lipinski definition) is 2. The van der Waals surface area contributed by atoms with Crippen LogP contribution < -0.4 is 0 Å². The lowest BCUT2D eigenvalue weighted by atomic mass is 9.95. The van der Waals surface area contributed by atoms with Crippen molar-refractivity contribution in [3.63, 3.8) is 0 Å². The summed E-state index contributed by atoms with van der Waals surface area (Å²) in [5.41, 5.74) is 3.94. The minimum Gasteiger partial charge on any atom is -0.508 e. The van der Waals surface area contributed by atoms with E-state index in [1.54, 1.807) is 12.1 Å². The van der Waals surface area contributed by atoms with Crippen LogP contribution in [0.1, 0.15) is 41.5 Å². The summed E-state index contributed by atoms with van der Waals surface area (Å²) in [5, 5.41) is 17.6. The minimum absolute atomic E-state index is 0.0140. The van der Waals surface area contributed by atoms with Gasteiger partial charge in [0.1, 0.15) is 11.4 Å². The predicted molar refractivity (Wildman–Crippen MR) is 100 cm³/mol. The number of amides is 1. The Morgan fingerprint density at radius 2 is 1.77 bits per heavy atom. The third-order valence-electron chi connectivity index (χ3n) is 4.69. The fourth-order valence-corrected chi connectivity index (χ4v) is 3.64. The molecule has 1 aromatic heterocycles. The second-order valence-electron chi connectivity index (χ2n) is 6.67. The van der Waals surface area contributed by atoms with Gasteiger partial charge < -0.3 is 10.0 Å². The first-order chi connectivity index (χ1) is 12.5. The van der Waals surface area contributed by atoms with Crippen molar-refractivity contribution in [2.75, 3.05) is 0 Å². The van der Waals surface area contributed by atoms with Gasteiger partial charge in [-0.15, -0.1) is 0 Å². The molecule has 0 spiro atoms. The molecule has 0 bridgehead atoms. The number of aromatic amines is 1. The van der Waals surface area contributed by atoms with Gasteiger partial charge >= 0.3 is 0 Å². The Hall–Kier alpha value is -2.79. The van der Waals surface area contributed by atoms with Crippen molar-refractivity contribution in [2.24, 2.45) is 0 Å². The second-order valence-corrected chi connectivity index (χ2v) is 7.10. The Morgan fingerprint density at radius 3 is 2.38 bits per heavy atom. The molecule has 26 heavy (non-hydrogen) atoms. The number of nitrogens with zero attached hydrogens (tertiary/aromatic N) is 2. The van der Waals surface area contributed by atoms with E-state index in [-0.39, 0.29) is 23.7 Å². The predicted octanol–water partition coefficient (Wildman–Crippen LogP) is 4.39. The first-order valence-corrected chi connectivity index (χ1v) is 8.81. The zero-order chi connectivity index (χ0) is 18.4. The molecule has 1 atom stereocenters. The lowest BCUT2D eigenvalue weighted by Gasteiger charge is -2.29. The van der Waals surface area contributed by atoms with Crippen LogP contribution in [0.15, 0.2) is 48.5 Å². The van der Waals surface area contributed by atoms with Crippen LogP contribution in [0.3, 0.4) is 0 Å². The van der Waals surface area contributed by atoms with Gasteiger partial charge in [0, 0.05) is 22.2 Å². The smallest absolute Gasteiger partial charge is 0.273 e. The zero-order valence-electron chi connectivity index (χ0n) is 14.4. The van der Waals surface area contributed by atoms with E-state index in [0.717, 1.165) is 22.4 Å². The number of H-pyrrole nitrogens is 1. The molecule has 0 saturated carbocycles. The SMILES string of the molecule is CC(C)N1C(=O)c2[nH]nc(-c3ccc(Cl)cc3)c2C1c1ccc(O)cc1.